The molecule has 2 aromatic heterocycles. The van der Waals surface area contributed by atoms with Gasteiger partial charge in [0.05, 0.1) is 13.2 Å². The lowest BCUT2D eigenvalue weighted by molar-refractivity contribution is 0.412. The van der Waals surface area contributed by atoms with E-state index in [1.54, 1.807) is 7.11 Å². The molecule has 3 rings (SSSR count). The van der Waals surface area contributed by atoms with E-state index in [2.05, 4.69) is 20.9 Å². The molecule has 98 valence electrons. The van der Waals surface area contributed by atoms with E-state index in [9.17, 15) is 0 Å². The van der Waals surface area contributed by atoms with Gasteiger partial charge in [-0.1, -0.05) is 6.07 Å². The zero-order valence-corrected chi connectivity index (χ0v) is 11.0. The minimum Gasteiger partial charge on any atom is -0.493 e. The minimum absolute atomic E-state index is 0.345. The molecular formula is C15H17N3O. The first-order valence-electron chi connectivity index (χ1n) is 6.55. The highest BCUT2D eigenvalue weighted by Gasteiger charge is 2.28. The van der Waals surface area contributed by atoms with E-state index in [-0.39, 0.29) is 0 Å². The maximum Gasteiger partial charge on any atom is 0.171 e. The lowest BCUT2D eigenvalue weighted by atomic mass is 10.1. The molecule has 1 fully saturated rings. The van der Waals surface area contributed by atoms with Crippen LogP contribution in [0.4, 0.5) is 5.82 Å². The van der Waals surface area contributed by atoms with Crippen molar-refractivity contribution in [1.82, 2.24) is 9.97 Å². The van der Waals surface area contributed by atoms with Crippen molar-refractivity contribution < 1.29 is 4.74 Å². The normalized spacial score (nSPS) is 18.6. The Kier molecular flexibility index (Phi) is 3.31. The van der Waals surface area contributed by atoms with E-state index in [0.29, 0.717) is 6.04 Å². The molecule has 0 bridgehead atoms. The Morgan fingerprint density at radius 1 is 1.26 bits per heavy atom. The van der Waals surface area contributed by atoms with Gasteiger partial charge in [0.2, 0.25) is 0 Å². The molecule has 19 heavy (non-hydrogen) atoms. The molecular weight excluding hydrogens is 238 g/mol. The summed E-state index contributed by atoms with van der Waals surface area (Å²) in [6.07, 6.45) is 7.86. The predicted molar refractivity (Wildman–Crippen MR) is 74.3 cm³/mol. The quantitative estimate of drug-likeness (QED) is 0.845. The standard InChI is InChI=1S/C15H17N3O/c1-19-14-7-3-9-17-15(14)18-10-4-6-13(18)12-5-2-8-16-11-12/h2-3,5,7-9,11,13H,4,6,10H2,1H3. The smallest absolute Gasteiger partial charge is 0.171 e. The van der Waals surface area contributed by atoms with Crippen LogP contribution in [0.2, 0.25) is 0 Å². The Hall–Kier alpha value is -2.10. The summed E-state index contributed by atoms with van der Waals surface area (Å²) in [4.78, 5) is 11.0. The van der Waals surface area contributed by atoms with Crippen molar-refractivity contribution in [2.24, 2.45) is 0 Å². The molecule has 4 heteroatoms. The summed E-state index contributed by atoms with van der Waals surface area (Å²) in [5.74, 6) is 1.76. The van der Waals surface area contributed by atoms with Crippen LogP contribution < -0.4 is 9.64 Å². The number of hydrogen-bond donors (Lipinski definition) is 0. The molecule has 2 aromatic rings. The molecule has 0 aliphatic carbocycles. The summed E-state index contributed by atoms with van der Waals surface area (Å²) in [5.41, 5.74) is 1.24. The number of anilines is 1. The largest absolute Gasteiger partial charge is 0.493 e. The fraction of sp³-hybridized carbons (Fsp3) is 0.333. The summed E-state index contributed by atoms with van der Waals surface area (Å²) < 4.78 is 5.42. The van der Waals surface area contributed by atoms with Crippen molar-refractivity contribution in [3.63, 3.8) is 0 Å². The van der Waals surface area contributed by atoms with Gasteiger partial charge >= 0.3 is 0 Å². The van der Waals surface area contributed by atoms with Crippen LogP contribution in [0, 0.1) is 0 Å². The van der Waals surface area contributed by atoms with Gasteiger partial charge < -0.3 is 9.64 Å². The van der Waals surface area contributed by atoms with Gasteiger partial charge in [-0.05, 0) is 36.6 Å². The van der Waals surface area contributed by atoms with Crippen molar-refractivity contribution in [2.45, 2.75) is 18.9 Å². The van der Waals surface area contributed by atoms with Crippen LogP contribution in [-0.4, -0.2) is 23.6 Å². The van der Waals surface area contributed by atoms with Gasteiger partial charge in [-0.3, -0.25) is 4.98 Å². The molecule has 0 amide bonds. The first-order chi connectivity index (χ1) is 9.40. The molecule has 4 nitrogen and oxygen atoms in total. The topological polar surface area (TPSA) is 38.2 Å². The van der Waals surface area contributed by atoms with Gasteiger partial charge in [-0.25, -0.2) is 4.98 Å². The summed E-state index contributed by atoms with van der Waals surface area (Å²) in [6, 6.07) is 8.32. The van der Waals surface area contributed by atoms with Crippen LogP contribution >= 0.6 is 0 Å². The molecule has 0 aromatic carbocycles. The molecule has 0 spiro atoms. The number of hydrogen-bond acceptors (Lipinski definition) is 4. The van der Waals surface area contributed by atoms with Gasteiger partial charge in [0.1, 0.15) is 0 Å². The number of rotatable bonds is 3. The fourth-order valence-electron chi connectivity index (χ4n) is 2.70. The van der Waals surface area contributed by atoms with Crippen LogP contribution in [0.25, 0.3) is 0 Å². The number of ether oxygens (including phenoxy) is 1. The van der Waals surface area contributed by atoms with E-state index in [1.165, 1.54) is 12.0 Å². The summed E-state index contributed by atoms with van der Waals surface area (Å²) >= 11 is 0. The summed E-state index contributed by atoms with van der Waals surface area (Å²) in [6.45, 7) is 1.01. The maximum absolute atomic E-state index is 5.42. The number of pyridine rings is 2. The van der Waals surface area contributed by atoms with E-state index < -0.39 is 0 Å². The van der Waals surface area contributed by atoms with Gasteiger partial charge in [-0.2, -0.15) is 0 Å². The highest BCUT2D eigenvalue weighted by atomic mass is 16.5. The summed E-state index contributed by atoms with van der Waals surface area (Å²) in [7, 11) is 1.69. The molecule has 3 heterocycles. The van der Waals surface area contributed by atoms with Crippen LogP contribution in [0.5, 0.6) is 5.75 Å². The highest BCUT2D eigenvalue weighted by Crippen LogP contribution is 2.38. The average molecular weight is 255 g/mol. The van der Waals surface area contributed by atoms with E-state index >= 15 is 0 Å². The number of nitrogens with zero attached hydrogens (tertiary/aromatic N) is 3. The lowest BCUT2D eigenvalue weighted by Crippen LogP contribution is -2.24. The Morgan fingerprint density at radius 3 is 2.95 bits per heavy atom. The fourth-order valence-corrected chi connectivity index (χ4v) is 2.70. The lowest BCUT2D eigenvalue weighted by Gasteiger charge is -2.27. The van der Waals surface area contributed by atoms with Crippen molar-refractivity contribution in [2.75, 3.05) is 18.6 Å². The van der Waals surface area contributed by atoms with Crippen LogP contribution in [0.3, 0.4) is 0 Å². The molecule has 1 atom stereocenters. The first kappa shape index (κ1) is 12.0. The predicted octanol–water partition coefficient (Wildman–Crippen LogP) is 2.83. The second kappa shape index (κ2) is 5.26. The summed E-state index contributed by atoms with van der Waals surface area (Å²) in [5, 5.41) is 0. The highest BCUT2D eigenvalue weighted by molar-refractivity contribution is 5.54. The molecule has 0 N–H and O–H groups in total. The number of aromatic nitrogens is 2. The number of methoxy groups -OCH3 is 1. The Balaban J connectivity index is 1.95. The molecule has 1 aliphatic rings. The maximum atomic E-state index is 5.42. The van der Waals surface area contributed by atoms with Gasteiger partial charge in [-0.15, -0.1) is 0 Å². The van der Waals surface area contributed by atoms with E-state index in [1.807, 2.05) is 36.8 Å². The molecule has 1 saturated heterocycles. The Labute approximate surface area is 113 Å². The Bertz CT molecular complexity index is 544. The van der Waals surface area contributed by atoms with Crippen LogP contribution in [0.15, 0.2) is 42.9 Å². The van der Waals surface area contributed by atoms with Crippen LogP contribution in [0.1, 0.15) is 24.4 Å². The molecule has 1 unspecified atom stereocenters. The first-order valence-corrected chi connectivity index (χ1v) is 6.55. The van der Waals surface area contributed by atoms with Gasteiger partial charge in [0, 0.05) is 25.1 Å². The monoisotopic (exact) mass is 255 g/mol. The van der Waals surface area contributed by atoms with Gasteiger partial charge in [0.25, 0.3) is 0 Å². The van der Waals surface area contributed by atoms with Crippen molar-refractivity contribution in [3.8, 4) is 5.75 Å². The third-order valence-corrected chi connectivity index (χ3v) is 3.56. The zero-order valence-electron chi connectivity index (χ0n) is 11.0. The van der Waals surface area contributed by atoms with Crippen molar-refractivity contribution in [3.05, 3.63) is 48.4 Å². The van der Waals surface area contributed by atoms with Gasteiger partial charge in [0.15, 0.2) is 11.6 Å². The average Bonchev–Trinajstić information content (AvgIpc) is 2.97. The van der Waals surface area contributed by atoms with Crippen molar-refractivity contribution >= 4 is 5.82 Å². The molecule has 1 aliphatic heterocycles. The van der Waals surface area contributed by atoms with Crippen molar-refractivity contribution in [1.29, 1.82) is 0 Å². The minimum atomic E-state index is 0.345. The zero-order chi connectivity index (χ0) is 13.1. The van der Waals surface area contributed by atoms with Crippen LogP contribution in [-0.2, 0) is 0 Å². The third-order valence-electron chi connectivity index (χ3n) is 3.56. The van der Waals surface area contributed by atoms with E-state index in [0.717, 1.165) is 24.5 Å². The molecule has 0 saturated carbocycles. The third kappa shape index (κ3) is 2.26. The second-order valence-electron chi connectivity index (χ2n) is 4.67. The Morgan fingerprint density at radius 2 is 2.16 bits per heavy atom. The van der Waals surface area contributed by atoms with E-state index in [4.69, 9.17) is 4.74 Å². The second-order valence-corrected chi connectivity index (χ2v) is 4.67. The SMILES string of the molecule is COc1cccnc1N1CCCC1c1cccnc1. The molecule has 0 radical (unpaired) electrons.